The van der Waals surface area contributed by atoms with Crippen LogP contribution in [0.5, 0.6) is 0 Å². The van der Waals surface area contributed by atoms with Crippen molar-refractivity contribution in [2.75, 3.05) is 6.61 Å². The highest BCUT2D eigenvalue weighted by Gasteiger charge is 2.48. The van der Waals surface area contributed by atoms with Gasteiger partial charge < -0.3 is 10.5 Å². The van der Waals surface area contributed by atoms with Gasteiger partial charge in [-0.05, 0) is 30.9 Å². The largest absolute Gasteiger partial charge is 0.362 e. The SMILES string of the molecule is CCc1ccc(C[C@H](N)C(=O)[C@@]2(C)CO2)cc1. The van der Waals surface area contributed by atoms with Gasteiger partial charge in [-0.2, -0.15) is 0 Å². The Morgan fingerprint density at radius 1 is 1.41 bits per heavy atom. The molecule has 2 N–H and O–H groups in total. The second kappa shape index (κ2) is 4.59. The lowest BCUT2D eigenvalue weighted by molar-refractivity contribution is -0.124. The fourth-order valence-corrected chi connectivity index (χ4v) is 1.90. The number of hydrogen-bond donors (Lipinski definition) is 1. The van der Waals surface area contributed by atoms with E-state index in [0.717, 1.165) is 12.0 Å². The normalized spacial score (nSPS) is 24.4. The van der Waals surface area contributed by atoms with Gasteiger partial charge in [-0.3, -0.25) is 4.79 Å². The predicted molar refractivity (Wildman–Crippen MR) is 66.9 cm³/mol. The van der Waals surface area contributed by atoms with E-state index in [1.807, 2.05) is 12.1 Å². The molecule has 1 aliphatic heterocycles. The Balaban J connectivity index is 1.97. The molecule has 0 amide bonds. The first-order valence-corrected chi connectivity index (χ1v) is 6.07. The molecule has 0 bridgehead atoms. The van der Waals surface area contributed by atoms with E-state index < -0.39 is 11.6 Å². The molecule has 1 fully saturated rings. The average molecular weight is 233 g/mol. The molecule has 1 saturated heterocycles. The van der Waals surface area contributed by atoms with Gasteiger partial charge >= 0.3 is 0 Å². The third kappa shape index (κ3) is 2.73. The molecule has 2 rings (SSSR count). The monoisotopic (exact) mass is 233 g/mol. The van der Waals surface area contributed by atoms with Crippen molar-refractivity contribution in [1.82, 2.24) is 0 Å². The van der Waals surface area contributed by atoms with Crippen LogP contribution in [0.3, 0.4) is 0 Å². The average Bonchev–Trinajstić information content (AvgIpc) is 3.08. The fraction of sp³-hybridized carbons (Fsp3) is 0.500. The number of carbonyl (C=O) groups excluding carboxylic acids is 1. The summed E-state index contributed by atoms with van der Waals surface area (Å²) in [5, 5.41) is 0. The van der Waals surface area contributed by atoms with Gasteiger partial charge in [-0.25, -0.2) is 0 Å². The lowest BCUT2D eigenvalue weighted by Gasteiger charge is -2.13. The minimum absolute atomic E-state index is 0.0112. The summed E-state index contributed by atoms with van der Waals surface area (Å²) in [5.41, 5.74) is 7.71. The van der Waals surface area contributed by atoms with Crippen molar-refractivity contribution in [2.24, 2.45) is 5.73 Å². The molecular formula is C14H19NO2. The second-order valence-corrected chi connectivity index (χ2v) is 4.86. The van der Waals surface area contributed by atoms with Crippen molar-refractivity contribution in [2.45, 2.75) is 38.3 Å². The van der Waals surface area contributed by atoms with Crippen molar-refractivity contribution >= 4 is 5.78 Å². The van der Waals surface area contributed by atoms with Crippen LogP contribution in [0.4, 0.5) is 0 Å². The van der Waals surface area contributed by atoms with Gasteiger partial charge in [0.15, 0.2) is 5.78 Å². The Kier molecular flexibility index (Phi) is 3.31. The fourth-order valence-electron chi connectivity index (χ4n) is 1.90. The second-order valence-electron chi connectivity index (χ2n) is 4.86. The summed E-state index contributed by atoms with van der Waals surface area (Å²) in [7, 11) is 0. The van der Waals surface area contributed by atoms with Crippen LogP contribution in [0.2, 0.25) is 0 Å². The zero-order chi connectivity index (χ0) is 12.5. The van der Waals surface area contributed by atoms with Crippen LogP contribution < -0.4 is 5.73 Å². The van der Waals surface area contributed by atoms with E-state index >= 15 is 0 Å². The van der Waals surface area contributed by atoms with Crippen LogP contribution in [0.25, 0.3) is 0 Å². The Bertz CT molecular complexity index is 407. The number of carbonyl (C=O) groups is 1. The van der Waals surface area contributed by atoms with Gasteiger partial charge in [0.2, 0.25) is 0 Å². The number of benzene rings is 1. The maximum atomic E-state index is 11.9. The van der Waals surface area contributed by atoms with Gasteiger partial charge in [-0.15, -0.1) is 0 Å². The molecule has 0 unspecified atom stereocenters. The molecular weight excluding hydrogens is 214 g/mol. The van der Waals surface area contributed by atoms with E-state index in [1.54, 1.807) is 6.92 Å². The Morgan fingerprint density at radius 3 is 2.41 bits per heavy atom. The van der Waals surface area contributed by atoms with Gasteiger partial charge in [0, 0.05) is 0 Å². The van der Waals surface area contributed by atoms with Crippen molar-refractivity contribution < 1.29 is 9.53 Å². The minimum atomic E-state index is -0.608. The molecule has 0 aliphatic carbocycles. The first-order chi connectivity index (χ1) is 8.05. The molecule has 1 aliphatic rings. The molecule has 1 aromatic rings. The van der Waals surface area contributed by atoms with E-state index in [4.69, 9.17) is 10.5 Å². The van der Waals surface area contributed by atoms with Crippen LogP contribution in [-0.2, 0) is 22.4 Å². The number of ketones is 1. The van der Waals surface area contributed by atoms with Gasteiger partial charge in [-0.1, -0.05) is 31.2 Å². The highest BCUT2D eigenvalue weighted by atomic mass is 16.6. The number of epoxide rings is 1. The number of ether oxygens (including phenoxy) is 1. The molecule has 17 heavy (non-hydrogen) atoms. The summed E-state index contributed by atoms with van der Waals surface area (Å²) in [6.07, 6.45) is 1.61. The third-order valence-electron chi connectivity index (χ3n) is 3.32. The van der Waals surface area contributed by atoms with Gasteiger partial charge in [0.25, 0.3) is 0 Å². The molecule has 1 heterocycles. The van der Waals surface area contributed by atoms with Crippen LogP contribution in [0.15, 0.2) is 24.3 Å². The number of rotatable bonds is 5. The van der Waals surface area contributed by atoms with Crippen LogP contribution in [-0.4, -0.2) is 24.0 Å². The van der Waals surface area contributed by atoms with E-state index in [0.29, 0.717) is 13.0 Å². The van der Waals surface area contributed by atoms with Crippen molar-refractivity contribution in [3.8, 4) is 0 Å². The number of aryl methyl sites for hydroxylation is 1. The lowest BCUT2D eigenvalue weighted by Crippen LogP contribution is -2.40. The molecule has 0 spiro atoms. The van der Waals surface area contributed by atoms with Crippen molar-refractivity contribution in [3.63, 3.8) is 0 Å². The maximum absolute atomic E-state index is 11.9. The summed E-state index contributed by atoms with van der Waals surface area (Å²) in [6, 6.07) is 7.79. The number of hydrogen-bond acceptors (Lipinski definition) is 3. The Hall–Kier alpha value is -1.19. The third-order valence-corrected chi connectivity index (χ3v) is 3.32. The molecule has 3 nitrogen and oxygen atoms in total. The highest BCUT2D eigenvalue weighted by molar-refractivity contribution is 5.93. The summed E-state index contributed by atoms with van der Waals surface area (Å²) in [5.74, 6) is 0.0112. The summed E-state index contributed by atoms with van der Waals surface area (Å²) >= 11 is 0. The Morgan fingerprint density at radius 2 is 1.94 bits per heavy atom. The zero-order valence-corrected chi connectivity index (χ0v) is 10.4. The minimum Gasteiger partial charge on any atom is -0.362 e. The molecule has 3 heteroatoms. The van der Waals surface area contributed by atoms with Crippen LogP contribution >= 0.6 is 0 Å². The van der Waals surface area contributed by atoms with E-state index in [-0.39, 0.29) is 5.78 Å². The predicted octanol–water partition coefficient (Wildman–Crippen LogP) is 1.48. The Labute approximate surface area is 102 Å². The standard InChI is InChI=1S/C14H19NO2/c1-3-10-4-6-11(7-5-10)8-12(15)13(16)14(2)9-17-14/h4-7,12H,3,8-9,15H2,1-2H3/t12-,14+/m0/s1. The van der Waals surface area contributed by atoms with E-state index in [2.05, 4.69) is 19.1 Å². The summed E-state index contributed by atoms with van der Waals surface area (Å²) in [4.78, 5) is 11.9. The first kappa shape index (κ1) is 12.3. The van der Waals surface area contributed by atoms with Crippen molar-refractivity contribution in [3.05, 3.63) is 35.4 Å². The van der Waals surface area contributed by atoms with Gasteiger partial charge in [0.1, 0.15) is 5.60 Å². The molecule has 2 atom stereocenters. The maximum Gasteiger partial charge on any atom is 0.183 e. The van der Waals surface area contributed by atoms with E-state index in [9.17, 15) is 4.79 Å². The topological polar surface area (TPSA) is 55.6 Å². The molecule has 92 valence electrons. The van der Waals surface area contributed by atoms with Crippen LogP contribution in [0, 0.1) is 0 Å². The summed E-state index contributed by atoms with van der Waals surface area (Å²) < 4.78 is 5.12. The number of Topliss-reactive ketones (excluding diaryl/α,β-unsaturated/α-hetero) is 1. The highest BCUT2D eigenvalue weighted by Crippen LogP contribution is 2.28. The van der Waals surface area contributed by atoms with E-state index in [1.165, 1.54) is 5.56 Å². The quantitative estimate of drug-likeness (QED) is 0.784. The number of nitrogens with two attached hydrogens (primary N) is 1. The summed E-state index contributed by atoms with van der Waals surface area (Å²) in [6.45, 7) is 4.43. The van der Waals surface area contributed by atoms with Gasteiger partial charge in [0.05, 0.1) is 12.6 Å². The van der Waals surface area contributed by atoms with Crippen LogP contribution in [0.1, 0.15) is 25.0 Å². The molecule has 0 saturated carbocycles. The van der Waals surface area contributed by atoms with Crippen molar-refractivity contribution in [1.29, 1.82) is 0 Å². The molecule has 0 radical (unpaired) electrons. The molecule has 1 aromatic carbocycles. The molecule has 0 aromatic heterocycles. The lowest BCUT2D eigenvalue weighted by atomic mass is 9.95. The first-order valence-electron chi connectivity index (χ1n) is 6.07. The smallest absolute Gasteiger partial charge is 0.183 e. The zero-order valence-electron chi connectivity index (χ0n) is 10.4.